The van der Waals surface area contributed by atoms with Gasteiger partial charge in [-0.05, 0) is 80.0 Å². The van der Waals surface area contributed by atoms with Crippen molar-refractivity contribution in [3.63, 3.8) is 0 Å². The number of aryl methyl sites for hydroxylation is 1. The van der Waals surface area contributed by atoms with E-state index in [0.29, 0.717) is 31.9 Å². The van der Waals surface area contributed by atoms with Crippen LogP contribution < -0.4 is 5.32 Å². The molecule has 2 heterocycles. The lowest BCUT2D eigenvalue weighted by atomic mass is 9.74. The molecule has 2 aromatic rings. The van der Waals surface area contributed by atoms with Crippen LogP contribution in [-0.2, 0) is 15.7 Å². The lowest BCUT2D eigenvalue weighted by molar-refractivity contribution is -0.142. The number of carbonyl (C=O) groups is 2. The molecule has 6 nitrogen and oxygen atoms in total. The first-order chi connectivity index (χ1) is 20.4. The van der Waals surface area contributed by atoms with Crippen molar-refractivity contribution < 1.29 is 27.5 Å². The summed E-state index contributed by atoms with van der Waals surface area (Å²) in [6, 6.07) is 9.86. The van der Waals surface area contributed by atoms with Crippen molar-refractivity contribution in [1.29, 1.82) is 0 Å². The molecule has 0 bridgehead atoms. The number of nitrogens with one attached hydrogen (secondary N) is 1. The standard InChI is InChI=1S/C34H44F3N3O3/c1-6-25-20-30(33(42)40(31(25)18-24(5)22(2)3)13-12-39-14-16-43-17-15-39)29-21-28(11-10-23(29)4)38-32(41)26-8-7-9-27(19-26)34(35,36)37/h7-11,19,21,24-25,30-31H,2,6,12-18,20H2,1,3-5H3,(H,38,41). The first-order valence-electron chi connectivity index (χ1n) is 15.2. The monoisotopic (exact) mass is 599 g/mol. The number of anilines is 1. The smallest absolute Gasteiger partial charge is 0.379 e. The number of carbonyl (C=O) groups excluding carboxylic acids is 2. The molecular formula is C34H44F3N3O3. The highest BCUT2D eigenvalue weighted by Crippen LogP contribution is 2.41. The molecule has 2 aromatic carbocycles. The number of piperidine rings is 1. The summed E-state index contributed by atoms with van der Waals surface area (Å²) in [4.78, 5) is 31.7. The van der Waals surface area contributed by atoms with Crippen LogP contribution >= 0.6 is 0 Å². The number of nitrogens with zero attached hydrogens (tertiary/aromatic N) is 2. The van der Waals surface area contributed by atoms with Gasteiger partial charge in [-0.25, -0.2) is 0 Å². The van der Waals surface area contributed by atoms with E-state index < -0.39 is 17.6 Å². The predicted octanol–water partition coefficient (Wildman–Crippen LogP) is 6.91. The zero-order valence-electron chi connectivity index (χ0n) is 25.7. The predicted molar refractivity (Wildman–Crippen MR) is 163 cm³/mol. The van der Waals surface area contributed by atoms with E-state index in [1.165, 1.54) is 12.1 Å². The molecule has 0 aliphatic carbocycles. The molecule has 4 unspecified atom stereocenters. The average molecular weight is 600 g/mol. The van der Waals surface area contributed by atoms with Crippen LogP contribution in [-0.4, -0.2) is 67.0 Å². The number of alkyl halides is 3. The molecule has 2 aliphatic rings. The maximum Gasteiger partial charge on any atom is 0.416 e. The first kappa shape index (κ1) is 32.7. The summed E-state index contributed by atoms with van der Waals surface area (Å²) in [7, 11) is 0. The minimum atomic E-state index is -4.54. The van der Waals surface area contributed by atoms with Crippen LogP contribution in [0.1, 0.15) is 73.0 Å². The zero-order valence-corrected chi connectivity index (χ0v) is 25.7. The third kappa shape index (κ3) is 8.06. The third-order valence-electron chi connectivity index (χ3n) is 9.15. The van der Waals surface area contributed by atoms with E-state index in [1.807, 2.05) is 26.0 Å². The number of halogens is 3. The van der Waals surface area contributed by atoms with Crippen LogP contribution in [0.4, 0.5) is 18.9 Å². The Hall–Kier alpha value is -3.17. The van der Waals surface area contributed by atoms with Gasteiger partial charge < -0.3 is 15.0 Å². The van der Waals surface area contributed by atoms with Crippen LogP contribution in [0.25, 0.3) is 0 Å². The van der Waals surface area contributed by atoms with Crippen molar-refractivity contribution in [2.75, 3.05) is 44.7 Å². The van der Waals surface area contributed by atoms with Gasteiger partial charge in [-0.3, -0.25) is 14.5 Å². The van der Waals surface area contributed by atoms with Gasteiger partial charge in [-0.2, -0.15) is 13.2 Å². The second-order valence-electron chi connectivity index (χ2n) is 12.1. The number of likely N-dealkylation sites (tertiary alicyclic amines) is 1. The normalized spacial score (nSPS) is 22.3. The topological polar surface area (TPSA) is 61.9 Å². The molecule has 0 aromatic heterocycles. The average Bonchev–Trinajstić information content (AvgIpc) is 2.98. The summed E-state index contributed by atoms with van der Waals surface area (Å²) in [5.74, 6) is -0.358. The van der Waals surface area contributed by atoms with Crippen molar-refractivity contribution in [3.05, 3.63) is 76.9 Å². The van der Waals surface area contributed by atoms with Gasteiger partial charge in [-0.15, -0.1) is 0 Å². The Morgan fingerprint density at radius 2 is 1.86 bits per heavy atom. The van der Waals surface area contributed by atoms with E-state index in [1.54, 1.807) is 6.07 Å². The molecule has 234 valence electrons. The van der Waals surface area contributed by atoms with Gasteiger partial charge in [0.1, 0.15) is 0 Å². The second-order valence-corrected chi connectivity index (χ2v) is 12.1. The molecule has 2 amide bonds. The number of rotatable bonds is 10. The van der Waals surface area contributed by atoms with Crippen molar-refractivity contribution in [3.8, 4) is 0 Å². The minimum absolute atomic E-state index is 0.0829. The van der Waals surface area contributed by atoms with Gasteiger partial charge >= 0.3 is 6.18 Å². The van der Waals surface area contributed by atoms with Gasteiger partial charge in [0.05, 0.1) is 24.7 Å². The van der Waals surface area contributed by atoms with Crippen molar-refractivity contribution in [2.45, 2.75) is 65.1 Å². The molecule has 4 rings (SSSR count). The second kappa shape index (κ2) is 14.1. The van der Waals surface area contributed by atoms with Gasteiger partial charge in [0, 0.05) is 43.5 Å². The fourth-order valence-corrected chi connectivity index (χ4v) is 6.24. The molecule has 2 saturated heterocycles. The van der Waals surface area contributed by atoms with Gasteiger partial charge in [0.2, 0.25) is 5.91 Å². The quantitative estimate of drug-likeness (QED) is 0.302. The fraction of sp³-hybridized carbons (Fsp3) is 0.529. The van der Waals surface area contributed by atoms with Crippen LogP contribution in [0.5, 0.6) is 0 Å². The Kier molecular flexibility index (Phi) is 10.7. The maximum absolute atomic E-state index is 14.3. The lowest BCUT2D eigenvalue weighted by Crippen LogP contribution is -2.54. The summed E-state index contributed by atoms with van der Waals surface area (Å²) < 4.78 is 45.1. The number of morpholine rings is 1. The fourth-order valence-electron chi connectivity index (χ4n) is 6.24. The summed E-state index contributed by atoms with van der Waals surface area (Å²) in [5, 5.41) is 2.75. The SMILES string of the molecule is C=C(C)C(C)CC1C(CC)CC(c2cc(NC(=O)c3cccc(C(F)(F)F)c3)ccc2C)C(=O)N1CCN1CCOCC1. The molecule has 2 fully saturated rings. The number of hydrogen-bond acceptors (Lipinski definition) is 4. The highest BCUT2D eigenvalue weighted by atomic mass is 19.4. The summed E-state index contributed by atoms with van der Waals surface area (Å²) >= 11 is 0. The van der Waals surface area contributed by atoms with E-state index in [2.05, 4.69) is 35.5 Å². The molecule has 9 heteroatoms. The largest absolute Gasteiger partial charge is 0.416 e. The Morgan fingerprint density at radius 1 is 1.14 bits per heavy atom. The van der Waals surface area contributed by atoms with Crippen LogP contribution in [0.3, 0.4) is 0 Å². The minimum Gasteiger partial charge on any atom is -0.379 e. The van der Waals surface area contributed by atoms with Crippen LogP contribution in [0, 0.1) is 18.8 Å². The Balaban J connectivity index is 1.60. The highest BCUT2D eigenvalue weighted by Gasteiger charge is 2.42. The number of hydrogen-bond donors (Lipinski definition) is 1. The molecule has 43 heavy (non-hydrogen) atoms. The lowest BCUT2D eigenvalue weighted by Gasteiger charge is -2.46. The Bertz CT molecular complexity index is 1310. The number of allylic oxidation sites excluding steroid dienone is 1. The molecular weight excluding hydrogens is 555 g/mol. The molecule has 4 atom stereocenters. The number of ether oxygens (including phenoxy) is 1. The molecule has 0 radical (unpaired) electrons. The highest BCUT2D eigenvalue weighted by molar-refractivity contribution is 6.04. The van der Waals surface area contributed by atoms with Gasteiger partial charge in [0.15, 0.2) is 0 Å². The molecule has 2 aliphatic heterocycles. The third-order valence-corrected chi connectivity index (χ3v) is 9.15. The van der Waals surface area contributed by atoms with Crippen molar-refractivity contribution >= 4 is 17.5 Å². The van der Waals surface area contributed by atoms with Gasteiger partial charge in [-0.1, -0.05) is 44.6 Å². The summed E-state index contributed by atoms with van der Waals surface area (Å²) in [6.07, 6.45) is -2.06. The van der Waals surface area contributed by atoms with Crippen LogP contribution in [0.15, 0.2) is 54.6 Å². The van der Waals surface area contributed by atoms with E-state index in [9.17, 15) is 22.8 Å². The zero-order chi connectivity index (χ0) is 31.3. The Morgan fingerprint density at radius 3 is 2.51 bits per heavy atom. The summed E-state index contributed by atoms with van der Waals surface area (Å²) in [5.41, 5.74) is 2.37. The van der Waals surface area contributed by atoms with E-state index in [0.717, 1.165) is 61.3 Å². The van der Waals surface area contributed by atoms with E-state index in [4.69, 9.17) is 4.74 Å². The maximum atomic E-state index is 14.3. The number of benzene rings is 2. The van der Waals surface area contributed by atoms with Crippen molar-refractivity contribution in [1.82, 2.24) is 9.80 Å². The van der Waals surface area contributed by atoms with Gasteiger partial charge in [0.25, 0.3) is 5.91 Å². The van der Waals surface area contributed by atoms with Crippen molar-refractivity contribution in [2.24, 2.45) is 11.8 Å². The summed E-state index contributed by atoms with van der Waals surface area (Å²) in [6.45, 7) is 17.0. The molecule has 0 saturated carbocycles. The molecule has 0 spiro atoms. The number of amides is 2. The van der Waals surface area contributed by atoms with E-state index in [-0.39, 0.29) is 35.3 Å². The van der Waals surface area contributed by atoms with E-state index >= 15 is 0 Å². The Labute approximate surface area is 253 Å². The van der Waals surface area contributed by atoms with Crippen LogP contribution in [0.2, 0.25) is 0 Å². The molecule has 1 N–H and O–H groups in total. The first-order valence-corrected chi connectivity index (χ1v) is 15.2.